The Morgan fingerprint density at radius 3 is 3.00 bits per heavy atom. The summed E-state index contributed by atoms with van der Waals surface area (Å²) in [6.07, 6.45) is 3.98. The summed E-state index contributed by atoms with van der Waals surface area (Å²) in [5.74, 6) is 0. The molecule has 0 amide bonds. The average molecular weight is 169 g/mol. The Balaban J connectivity index is 2.47. The number of rotatable bonds is 4. The lowest BCUT2D eigenvalue weighted by Crippen LogP contribution is -2.03. The van der Waals surface area contributed by atoms with Gasteiger partial charge in [0.25, 0.3) is 0 Å². The van der Waals surface area contributed by atoms with Gasteiger partial charge in [-0.3, -0.25) is 14.8 Å². The van der Waals surface area contributed by atoms with Gasteiger partial charge in [-0.05, 0) is 12.5 Å². The predicted molar refractivity (Wildman–Crippen MR) is 43.5 cm³/mol. The average Bonchev–Trinajstić information content (AvgIpc) is 2.48. The molecule has 1 aromatic rings. The van der Waals surface area contributed by atoms with Crippen LogP contribution in [0.3, 0.4) is 0 Å². The third-order valence-corrected chi connectivity index (χ3v) is 1.59. The van der Waals surface area contributed by atoms with E-state index in [1.807, 2.05) is 13.1 Å². The summed E-state index contributed by atoms with van der Waals surface area (Å²) >= 11 is 0. The van der Waals surface area contributed by atoms with Crippen molar-refractivity contribution in [3.8, 4) is 0 Å². The van der Waals surface area contributed by atoms with Crippen LogP contribution in [0.4, 0.5) is 0 Å². The van der Waals surface area contributed by atoms with E-state index in [1.54, 1.807) is 10.9 Å². The van der Waals surface area contributed by atoms with Crippen molar-refractivity contribution in [1.82, 2.24) is 9.78 Å². The molecule has 0 bridgehead atoms. The minimum Gasteiger partial charge on any atom is -0.273 e. The number of hydrogen-bond donors (Lipinski definition) is 0. The molecule has 0 aromatic carbocycles. The molecule has 0 saturated heterocycles. The van der Waals surface area contributed by atoms with Gasteiger partial charge in [0.1, 0.15) is 0 Å². The molecule has 66 valence electrons. The van der Waals surface area contributed by atoms with E-state index < -0.39 is 0 Å². The second-order valence-electron chi connectivity index (χ2n) is 2.51. The molecule has 5 nitrogen and oxygen atoms in total. The molecular weight excluding hydrogens is 158 g/mol. The Hall–Kier alpha value is -1.39. The molecule has 0 atom stereocenters. The highest BCUT2D eigenvalue weighted by molar-refractivity contribution is 5.03. The fraction of sp³-hybridized carbons (Fsp3) is 0.571. The Labute approximate surface area is 70.2 Å². The van der Waals surface area contributed by atoms with E-state index in [1.165, 1.54) is 0 Å². The fourth-order valence-electron chi connectivity index (χ4n) is 0.929. The van der Waals surface area contributed by atoms with Gasteiger partial charge in [0.15, 0.2) is 0 Å². The lowest BCUT2D eigenvalue weighted by Gasteiger charge is -1.91. The van der Waals surface area contributed by atoms with Crippen LogP contribution < -0.4 is 0 Å². The largest absolute Gasteiger partial charge is 0.273 e. The summed E-state index contributed by atoms with van der Waals surface area (Å²) in [6, 6.07) is 0. The maximum Gasteiger partial charge on any atom is 0.208 e. The van der Waals surface area contributed by atoms with Gasteiger partial charge < -0.3 is 0 Å². The van der Waals surface area contributed by atoms with Gasteiger partial charge in [-0.1, -0.05) is 0 Å². The van der Waals surface area contributed by atoms with E-state index >= 15 is 0 Å². The van der Waals surface area contributed by atoms with Crippen molar-refractivity contribution >= 4 is 0 Å². The predicted octanol–water partition coefficient (Wildman–Crippen LogP) is 0.722. The van der Waals surface area contributed by atoms with Crippen LogP contribution in [0.2, 0.25) is 0 Å². The van der Waals surface area contributed by atoms with Crippen molar-refractivity contribution in [3.05, 3.63) is 28.1 Å². The summed E-state index contributed by atoms with van der Waals surface area (Å²) in [7, 11) is 0. The number of aryl methyl sites for hydroxylation is 1. The first kappa shape index (κ1) is 8.70. The van der Waals surface area contributed by atoms with Crippen LogP contribution in [0.25, 0.3) is 0 Å². The highest BCUT2D eigenvalue weighted by atomic mass is 16.6. The highest BCUT2D eigenvalue weighted by Gasteiger charge is 2.01. The summed E-state index contributed by atoms with van der Waals surface area (Å²) in [6.45, 7) is 2.76. The standard InChI is InChI=1S/C7H11N3O2/c1-2-9-6-7(5-8-9)3-4-10(11)12/h5-6H,2-4H2,1H3. The summed E-state index contributed by atoms with van der Waals surface area (Å²) in [5, 5.41) is 14.0. The molecule has 0 N–H and O–H groups in total. The quantitative estimate of drug-likeness (QED) is 0.493. The molecule has 0 saturated carbocycles. The van der Waals surface area contributed by atoms with Gasteiger partial charge in [0.05, 0.1) is 6.20 Å². The van der Waals surface area contributed by atoms with Crippen molar-refractivity contribution in [1.29, 1.82) is 0 Å². The first-order valence-corrected chi connectivity index (χ1v) is 3.85. The molecule has 0 unspecified atom stereocenters. The number of aromatic nitrogens is 2. The van der Waals surface area contributed by atoms with E-state index in [4.69, 9.17) is 0 Å². The Morgan fingerprint density at radius 1 is 1.75 bits per heavy atom. The van der Waals surface area contributed by atoms with Crippen molar-refractivity contribution in [2.75, 3.05) is 6.54 Å². The zero-order valence-corrected chi connectivity index (χ0v) is 6.93. The molecule has 0 spiro atoms. The SMILES string of the molecule is CCn1cc(CC[N+](=O)[O-])cn1. The van der Waals surface area contributed by atoms with Gasteiger partial charge in [-0.2, -0.15) is 5.10 Å². The van der Waals surface area contributed by atoms with E-state index in [-0.39, 0.29) is 11.5 Å². The molecule has 1 heterocycles. The molecule has 5 heteroatoms. The van der Waals surface area contributed by atoms with E-state index in [2.05, 4.69) is 5.10 Å². The summed E-state index contributed by atoms with van der Waals surface area (Å²) in [5.41, 5.74) is 0.925. The minimum atomic E-state index is -0.316. The topological polar surface area (TPSA) is 61.0 Å². The van der Waals surface area contributed by atoms with Crippen LogP contribution in [-0.4, -0.2) is 21.2 Å². The molecule has 12 heavy (non-hydrogen) atoms. The van der Waals surface area contributed by atoms with Crippen LogP contribution in [0.15, 0.2) is 12.4 Å². The molecule has 0 fully saturated rings. The third-order valence-electron chi connectivity index (χ3n) is 1.59. The van der Waals surface area contributed by atoms with Crippen molar-refractivity contribution in [2.24, 2.45) is 0 Å². The summed E-state index contributed by atoms with van der Waals surface area (Å²) in [4.78, 5) is 9.71. The van der Waals surface area contributed by atoms with Crippen molar-refractivity contribution in [2.45, 2.75) is 19.9 Å². The lowest BCUT2D eigenvalue weighted by molar-refractivity contribution is -0.479. The molecule has 1 aromatic heterocycles. The third kappa shape index (κ3) is 2.34. The van der Waals surface area contributed by atoms with Gasteiger partial charge in [-0.25, -0.2) is 0 Å². The normalized spacial score (nSPS) is 10.1. The first-order chi connectivity index (χ1) is 5.72. The summed E-state index contributed by atoms with van der Waals surface area (Å²) < 4.78 is 1.76. The van der Waals surface area contributed by atoms with Crippen molar-refractivity contribution in [3.63, 3.8) is 0 Å². The van der Waals surface area contributed by atoms with E-state index in [0.29, 0.717) is 6.42 Å². The second kappa shape index (κ2) is 3.85. The van der Waals surface area contributed by atoms with Crippen LogP contribution in [0, 0.1) is 10.1 Å². The maximum absolute atomic E-state index is 10.0. The maximum atomic E-state index is 10.0. The van der Waals surface area contributed by atoms with E-state index in [9.17, 15) is 10.1 Å². The Kier molecular flexibility index (Phi) is 2.79. The zero-order valence-electron chi connectivity index (χ0n) is 6.93. The Morgan fingerprint density at radius 2 is 2.50 bits per heavy atom. The van der Waals surface area contributed by atoms with Crippen LogP contribution in [0.1, 0.15) is 12.5 Å². The number of hydrogen-bond acceptors (Lipinski definition) is 3. The van der Waals surface area contributed by atoms with Crippen LogP contribution in [-0.2, 0) is 13.0 Å². The fourth-order valence-corrected chi connectivity index (χ4v) is 0.929. The van der Waals surface area contributed by atoms with Crippen LogP contribution >= 0.6 is 0 Å². The van der Waals surface area contributed by atoms with Gasteiger partial charge in [-0.15, -0.1) is 0 Å². The lowest BCUT2D eigenvalue weighted by atomic mass is 10.3. The second-order valence-corrected chi connectivity index (χ2v) is 2.51. The minimum absolute atomic E-state index is 0.0184. The first-order valence-electron chi connectivity index (χ1n) is 3.85. The smallest absolute Gasteiger partial charge is 0.208 e. The molecular formula is C7H11N3O2. The Bertz CT molecular complexity index is 269. The number of nitro groups is 1. The van der Waals surface area contributed by atoms with Gasteiger partial charge in [0, 0.05) is 24.1 Å². The molecule has 0 aliphatic heterocycles. The molecule has 0 radical (unpaired) electrons. The zero-order chi connectivity index (χ0) is 8.97. The van der Waals surface area contributed by atoms with Crippen LogP contribution in [0.5, 0.6) is 0 Å². The highest BCUT2D eigenvalue weighted by Crippen LogP contribution is 1.98. The van der Waals surface area contributed by atoms with Crippen molar-refractivity contribution < 1.29 is 4.92 Å². The number of nitrogens with zero attached hydrogens (tertiary/aromatic N) is 3. The van der Waals surface area contributed by atoms with Gasteiger partial charge in [0.2, 0.25) is 6.54 Å². The monoisotopic (exact) mass is 169 g/mol. The van der Waals surface area contributed by atoms with Gasteiger partial charge >= 0.3 is 0 Å². The molecule has 0 aliphatic carbocycles. The molecule has 1 rings (SSSR count). The van der Waals surface area contributed by atoms with E-state index in [0.717, 1.165) is 12.1 Å². The molecule has 0 aliphatic rings.